The molecule has 0 radical (unpaired) electrons. The Morgan fingerprint density at radius 3 is 2.57 bits per heavy atom. The Kier molecular flexibility index (Phi) is 3.02. The third kappa shape index (κ3) is 1.99. The van der Waals surface area contributed by atoms with Crippen molar-refractivity contribution in [1.82, 2.24) is 0 Å². The molecule has 4 heteroatoms. The first-order valence-corrected chi connectivity index (χ1v) is 4.73. The Bertz CT molecular complexity index is 329. The maximum atomic E-state index is 13.1. The molecular formula is C10H13ClFNO. The highest BCUT2D eigenvalue weighted by Crippen LogP contribution is 2.32. The largest absolute Gasteiger partial charge is 0.504 e. The quantitative estimate of drug-likeness (QED) is 0.800. The highest BCUT2D eigenvalue weighted by Gasteiger charge is 2.21. The van der Waals surface area contributed by atoms with Gasteiger partial charge < -0.3 is 10.8 Å². The number of nitrogens with two attached hydrogens (primary N) is 1. The molecule has 0 saturated heterocycles. The molecule has 0 aliphatic rings. The minimum Gasteiger partial charge on any atom is -0.504 e. The van der Waals surface area contributed by atoms with Crippen molar-refractivity contribution in [3.63, 3.8) is 0 Å². The molecule has 0 saturated carbocycles. The van der Waals surface area contributed by atoms with E-state index < -0.39 is 17.1 Å². The molecular weight excluding hydrogens is 205 g/mol. The average Bonchev–Trinajstić information content (AvgIpc) is 2.13. The number of hydrogen-bond donors (Lipinski definition) is 2. The highest BCUT2D eigenvalue weighted by atomic mass is 35.5. The van der Waals surface area contributed by atoms with Gasteiger partial charge in [0.05, 0.1) is 5.02 Å². The number of phenols is 1. The number of phenolic OH excluding ortho intramolecular Hbond substituents is 1. The van der Waals surface area contributed by atoms with Crippen LogP contribution in [0.2, 0.25) is 5.02 Å². The SMILES string of the molecule is CCC(C)(N)c1cc(F)c(O)c(Cl)c1. The summed E-state index contributed by atoms with van der Waals surface area (Å²) in [6.07, 6.45) is 0.660. The van der Waals surface area contributed by atoms with Crippen LogP contribution in [0.15, 0.2) is 12.1 Å². The van der Waals surface area contributed by atoms with Crippen molar-refractivity contribution in [1.29, 1.82) is 0 Å². The van der Waals surface area contributed by atoms with Crippen molar-refractivity contribution in [2.45, 2.75) is 25.8 Å². The molecule has 0 aromatic heterocycles. The van der Waals surface area contributed by atoms with E-state index in [4.69, 9.17) is 22.4 Å². The van der Waals surface area contributed by atoms with E-state index in [0.717, 1.165) is 0 Å². The van der Waals surface area contributed by atoms with Gasteiger partial charge in [0.15, 0.2) is 11.6 Å². The van der Waals surface area contributed by atoms with Crippen LogP contribution in [-0.4, -0.2) is 5.11 Å². The molecule has 1 aromatic rings. The van der Waals surface area contributed by atoms with Crippen LogP contribution < -0.4 is 5.73 Å². The minimum absolute atomic E-state index is 0.00914. The lowest BCUT2D eigenvalue weighted by atomic mass is 9.90. The normalized spacial score (nSPS) is 15.2. The van der Waals surface area contributed by atoms with Crippen LogP contribution in [-0.2, 0) is 5.54 Å². The van der Waals surface area contributed by atoms with Crippen LogP contribution in [0.5, 0.6) is 5.75 Å². The third-order valence-corrected chi connectivity index (χ3v) is 2.70. The number of rotatable bonds is 2. The molecule has 0 aliphatic carbocycles. The Balaban J connectivity index is 3.26. The summed E-state index contributed by atoms with van der Waals surface area (Å²) in [5.41, 5.74) is 5.88. The van der Waals surface area contributed by atoms with Crippen LogP contribution in [0.4, 0.5) is 4.39 Å². The monoisotopic (exact) mass is 217 g/mol. The molecule has 1 aromatic carbocycles. The zero-order chi connectivity index (χ0) is 10.9. The van der Waals surface area contributed by atoms with E-state index in [9.17, 15) is 4.39 Å². The lowest BCUT2D eigenvalue weighted by Crippen LogP contribution is -2.32. The zero-order valence-corrected chi connectivity index (χ0v) is 8.90. The van der Waals surface area contributed by atoms with E-state index in [1.165, 1.54) is 12.1 Å². The second kappa shape index (κ2) is 3.75. The van der Waals surface area contributed by atoms with E-state index in [-0.39, 0.29) is 5.02 Å². The summed E-state index contributed by atoms with van der Waals surface area (Å²) in [5.74, 6) is -1.26. The standard InChI is InChI=1S/C10H13ClFNO/c1-3-10(2,13)6-4-7(11)9(14)8(12)5-6/h4-5,14H,3,13H2,1-2H3. The zero-order valence-electron chi connectivity index (χ0n) is 8.14. The van der Waals surface area contributed by atoms with E-state index >= 15 is 0 Å². The Morgan fingerprint density at radius 1 is 1.57 bits per heavy atom. The molecule has 0 heterocycles. The topological polar surface area (TPSA) is 46.2 Å². The molecule has 78 valence electrons. The lowest BCUT2D eigenvalue weighted by Gasteiger charge is -2.23. The summed E-state index contributed by atoms with van der Waals surface area (Å²) >= 11 is 5.64. The maximum Gasteiger partial charge on any atom is 0.170 e. The summed E-state index contributed by atoms with van der Waals surface area (Å²) in [7, 11) is 0. The highest BCUT2D eigenvalue weighted by molar-refractivity contribution is 6.32. The van der Waals surface area contributed by atoms with Gasteiger partial charge in [0.1, 0.15) is 0 Å². The first-order valence-electron chi connectivity index (χ1n) is 4.36. The Hall–Kier alpha value is -0.800. The Labute approximate surface area is 87.5 Å². The minimum atomic E-state index is -0.738. The van der Waals surface area contributed by atoms with Crippen LogP contribution >= 0.6 is 11.6 Å². The molecule has 1 atom stereocenters. The first-order chi connectivity index (χ1) is 6.38. The number of hydrogen-bond acceptors (Lipinski definition) is 2. The number of halogens is 2. The predicted octanol–water partition coefficient (Wildman–Crippen LogP) is 2.77. The first kappa shape index (κ1) is 11.3. The van der Waals surface area contributed by atoms with E-state index in [2.05, 4.69) is 0 Å². The van der Waals surface area contributed by atoms with Crippen LogP contribution in [0.3, 0.4) is 0 Å². The lowest BCUT2D eigenvalue weighted by molar-refractivity contribution is 0.425. The van der Waals surface area contributed by atoms with Crippen molar-refractivity contribution >= 4 is 11.6 Å². The van der Waals surface area contributed by atoms with Crippen molar-refractivity contribution in [2.24, 2.45) is 5.73 Å². The maximum absolute atomic E-state index is 13.1. The summed E-state index contributed by atoms with van der Waals surface area (Å²) in [5, 5.41) is 9.11. The second-order valence-electron chi connectivity index (χ2n) is 3.56. The predicted molar refractivity (Wildman–Crippen MR) is 54.9 cm³/mol. The van der Waals surface area contributed by atoms with Gasteiger partial charge in [0.2, 0.25) is 0 Å². The third-order valence-electron chi connectivity index (χ3n) is 2.41. The molecule has 0 aliphatic heterocycles. The van der Waals surface area contributed by atoms with E-state index in [0.29, 0.717) is 12.0 Å². The molecule has 3 N–H and O–H groups in total. The van der Waals surface area contributed by atoms with Gasteiger partial charge in [0.25, 0.3) is 0 Å². The fraction of sp³-hybridized carbons (Fsp3) is 0.400. The molecule has 0 amide bonds. The smallest absolute Gasteiger partial charge is 0.170 e. The van der Waals surface area contributed by atoms with Gasteiger partial charge in [-0.1, -0.05) is 18.5 Å². The van der Waals surface area contributed by atoms with Crippen LogP contribution in [0.25, 0.3) is 0 Å². The summed E-state index contributed by atoms with van der Waals surface area (Å²) < 4.78 is 13.1. The van der Waals surface area contributed by atoms with Crippen LogP contribution in [0.1, 0.15) is 25.8 Å². The van der Waals surface area contributed by atoms with Gasteiger partial charge in [-0.2, -0.15) is 0 Å². The molecule has 0 spiro atoms. The van der Waals surface area contributed by atoms with Gasteiger partial charge in [-0.05, 0) is 31.0 Å². The van der Waals surface area contributed by atoms with E-state index in [1.807, 2.05) is 6.92 Å². The molecule has 0 fully saturated rings. The second-order valence-corrected chi connectivity index (χ2v) is 3.97. The molecule has 0 bridgehead atoms. The number of aromatic hydroxyl groups is 1. The molecule has 1 rings (SSSR count). The van der Waals surface area contributed by atoms with Crippen molar-refractivity contribution in [3.05, 3.63) is 28.5 Å². The molecule has 1 unspecified atom stereocenters. The van der Waals surface area contributed by atoms with Gasteiger partial charge in [0, 0.05) is 5.54 Å². The molecule has 14 heavy (non-hydrogen) atoms. The van der Waals surface area contributed by atoms with Crippen molar-refractivity contribution < 1.29 is 9.50 Å². The number of benzene rings is 1. The van der Waals surface area contributed by atoms with Crippen molar-refractivity contribution in [3.8, 4) is 5.75 Å². The van der Waals surface area contributed by atoms with Crippen molar-refractivity contribution in [2.75, 3.05) is 0 Å². The summed E-state index contributed by atoms with van der Waals surface area (Å²) in [4.78, 5) is 0. The summed E-state index contributed by atoms with van der Waals surface area (Å²) in [6, 6.07) is 2.70. The van der Waals surface area contributed by atoms with Gasteiger partial charge >= 0.3 is 0 Å². The van der Waals surface area contributed by atoms with Gasteiger partial charge in [-0.25, -0.2) is 4.39 Å². The van der Waals surface area contributed by atoms with Gasteiger partial charge in [-0.15, -0.1) is 0 Å². The fourth-order valence-corrected chi connectivity index (χ4v) is 1.31. The summed E-state index contributed by atoms with van der Waals surface area (Å²) in [6.45, 7) is 3.69. The van der Waals surface area contributed by atoms with E-state index in [1.54, 1.807) is 6.92 Å². The van der Waals surface area contributed by atoms with Crippen LogP contribution in [0, 0.1) is 5.82 Å². The molecule has 2 nitrogen and oxygen atoms in total. The van der Waals surface area contributed by atoms with Gasteiger partial charge in [-0.3, -0.25) is 0 Å². The Morgan fingerprint density at radius 2 is 2.14 bits per heavy atom. The average molecular weight is 218 g/mol. The fourth-order valence-electron chi connectivity index (χ4n) is 1.10.